The molecule has 1 aromatic rings. The molecule has 3 rings (SSSR count). The van der Waals surface area contributed by atoms with E-state index in [2.05, 4.69) is 5.32 Å². The second-order valence-electron chi connectivity index (χ2n) is 7.62. The molecule has 0 unspecified atom stereocenters. The Morgan fingerprint density at radius 3 is 2.75 bits per heavy atom. The number of nitrogens with one attached hydrogen (secondary N) is 1. The number of ether oxygens (including phenoxy) is 2. The highest BCUT2D eigenvalue weighted by Crippen LogP contribution is 2.32. The zero-order valence-electron chi connectivity index (χ0n) is 16.3. The Balaban J connectivity index is 1.82. The lowest BCUT2D eigenvalue weighted by Crippen LogP contribution is -2.53. The average Bonchev–Trinajstić information content (AvgIpc) is 2.64. The van der Waals surface area contributed by atoms with Gasteiger partial charge in [-0.2, -0.15) is 0 Å². The SMILES string of the molecule is CC(C)C(=O)Nc1ccc2c(c1)C(=O)N(C)[C@@H]1CC[C@H](CC(=O)O)O[C@@H]1CO2. The number of carboxylic acid groups (broad SMARTS) is 1. The molecule has 1 saturated heterocycles. The van der Waals surface area contributed by atoms with Crippen molar-refractivity contribution in [2.45, 2.75) is 51.4 Å². The smallest absolute Gasteiger partial charge is 0.305 e. The Morgan fingerprint density at radius 1 is 1.32 bits per heavy atom. The molecular formula is C20H26N2O6. The molecule has 0 aliphatic carbocycles. The van der Waals surface area contributed by atoms with E-state index in [1.165, 1.54) is 0 Å². The molecule has 3 atom stereocenters. The summed E-state index contributed by atoms with van der Waals surface area (Å²) in [5, 5.41) is 11.8. The lowest BCUT2D eigenvalue weighted by atomic mass is 9.94. The third kappa shape index (κ3) is 4.27. The van der Waals surface area contributed by atoms with Crippen LogP contribution in [0.5, 0.6) is 5.75 Å². The molecule has 8 heteroatoms. The molecule has 0 spiro atoms. The molecule has 0 saturated carbocycles. The number of fused-ring (bicyclic) bond motifs is 2. The van der Waals surface area contributed by atoms with Crippen LogP contribution >= 0.6 is 0 Å². The van der Waals surface area contributed by atoms with Gasteiger partial charge >= 0.3 is 5.97 Å². The zero-order valence-corrected chi connectivity index (χ0v) is 16.3. The van der Waals surface area contributed by atoms with Gasteiger partial charge in [-0.05, 0) is 31.0 Å². The van der Waals surface area contributed by atoms with Crippen LogP contribution in [-0.2, 0) is 14.3 Å². The van der Waals surface area contributed by atoms with Crippen LogP contribution in [0.3, 0.4) is 0 Å². The van der Waals surface area contributed by atoms with Crippen molar-refractivity contribution in [1.29, 1.82) is 0 Å². The van der Waals surface area contributed by atoms with Gasteiger partial charge in [-0.15, -0.1) is 0 Å². The summed E-state index contributed by atoms with van der Waals surface area (Å²) in [6.07, 6.45) is 0.394. The molecule has 1 fully saturated rings. The Morgan fingerprint density at radius 2 is 2.07 bits per heavy atom. The summed E-state index contributed by atoms with van der Waals surface area (Å²) in [6.45, 7) is 3.82. The highest BCUT2D eigenvalue weighted by atomic mass is 16.5. The van der Waals surface area contributed by atoms with Crippen molar-refractivity contribution < 1.29 is 29.0 Å². The fourth-order valence-electron chi connectivity index (χ4n) is 3.59. The molecule has 2 aliphatic heterocycles. The summed E-state index contributed by atoms with van der Waals surface area (Å²) in [7, 11) is 1.72. The van der Waals surface area contributed by atoms with E-state index in [1.807, 2.05) is 0 Å². The third-order valence-corrected chi connectivity index (χ3v) is 5.21. The Kier molecular flexibility index (Phi) is 5.88. The van der Waals surface area contributed by atoms with Crippen molar-refractivity contribution in [3.8, 4) is 5.75 Å². The number of benzene rings is 1. The molecule has 0 aromatic heterocycles. The van der Waals surface area contributed by atoms with Crippen molar-refractivity contribution in [3.63, 3.8) is 0 Å². The van der Waals surface area contributed by atoms with Crippen molar-refractivity contribution in [3.05, 3.63) is 23.8 Å². The lowest BCUT2D eigenvalue weighted by Gasteiger charge is -2.42. The van der Waals surface area contributed by atoms with Crippen molar-refractivity contribution in [2.75, 3.05) is 19.0 Å². The van der Waals surface area contributed by atoms with Gasteiger partial charge in [-0.3, -0.25) is 14.4 Å². The number of likely N-dealkylation sites (N-methyl/N-ethyl adjacent to an activating group) is 1. The zero-order chi connectivity index (χ0) is 20.4. The Hall–Kier alpha value is -2.61. The van der Waals surface area contributed by atoms with Gasteiger partial charge in [0.25, 0.3) is 5.91 Å². The van der Waals surface area contributed by atoms with E-state index in [9.17, 15) is 14.4 Å². The molecular weight excluding hydrogens is 364 g/mol. The molecule has 0 radical (unpaired) electrons. The van der Waals surface area contributed by atoms with E-state index in [4.69, 9.17) is 14.6 Å². The summed E-state index contributed by atoms with van der Waals surface area (Å²) < 4.78 is 11.8. The van der Waals surface area contributed by atoms with Crippen molar-refractivity contribution in [1.82, 2.24) is 4.90 Å². The maximum absolute atomic E-state index is 13.1. The number of carboxylic acids is 1. The minimum absolute atomic E-state index is 0.0591. The fourth-order valence-corrected chi connectivity index (χ4v) is 3.59. The Bertz CT molecular complexity index is 778. The number of aliphatic carboxylic acids is 1. The molecule has 2 N–H and O–H groups in total. The molecule has 2 aliphatic rings. The van der Waals surface area contributed by atoms with Crippen LogP contribution in [0.2, 0.25) is 0 Å². The molecule has 2 amide bonds. The van der Waals surface area contributed by atoms with Crippen LogP contribution < -0.4 is 10.1 Å². The lowest BCUT2D eigenvalue weighted by molar-refractivity contribution is -0.148. The van der Waals surface area contributed by atoms with Gasteiger partial charge in [0.15, 0.2) is 0 Å². The predicted molar refractivity (Wildman–Crippen MR) is 101 cm³/mol. The summed E-state index contributed by atoms with van der Waals surface area (Å²) in [5.74, 6) is -0.998. The number of amides is 2. The van der Waals surface area contributed by atoms with E-state index in [-0.39, 0.29) is 49.0 Å². The summed E-state index contributed by atoms with van der Waals surface area (Å²) in [6, 6.07) is 4.79. The van der Waals surface area contributed by atoms with Gasteiger partial charge in [0.2, 0.25) is 5.91 Å². The Labute approximate surface area is 163 Å². The summed E-state index contributed by atoms with van der Waals surface area (Å²) in [4.78, 5) is 37.6. The van der Waals surface area contributed by atoms with Crippen molar-refractivity contribution >= 4 is 23.5 Å². The van der Waals surface area contributed by atoms with Crippen LogP contribution in [-0.4, -0.2) is 59.7 Å². The van der Waals surface area contributed by atoms with E-state index in [1.54, 1.807) is 44.0 Å². The predicted octanol–water partition coefficient (Wildman–Crippen LogP) is 2.14. The van der Waals surface area contributed by atoms with Crippen LogP contribution in [0.1, 0.15) is 43.5 Å². The van der Waals surface area contributed by atoms with E-state index >= 15 is 0 Å². The number of carbonyl (C=O) groups excluding carboxylic acids is 2. The standard InChI is InChI=1S/C20H26N2O6/c1-11(2)19(25)21-12-4-7-16-14(8-12)20(26)22(3)15-6-5-13(9-18(23)24)28-17(15)10-27-16/h4,7-8,11,13,15,17H,5-6,9-10H2,1-3H3,(H,21,25)(H,23,24)/t13-,15-,17-/m1/s1. The third-order valence-electron chi connectivity index (χ3n) is 5.21. The van der Waals surface area contributed by atoms with Gasteiger partial charge in [0.05, 0.1) is 24.1 Å². The van der Waals surface area contributed by atoms with Gasteiger partial charge < -0.3 is 24.8 Å². The number of nitrogens with zero attached hydrogens (tertiary/aromatic N) is 1. The number of hydrogen-bond donors (Lipinski definition) is 2. The van der Waals surface area contributed by atoms with Gasteiger partial charge in [-0.1, -0.05) is 13.8 Å². The first-order valence-electron chi connectivity index (χ1n) is 9.48. The quantitative estimate of drug-likeness (QED) is 0.816. The van der Waals surface area contributed by atoms with E-state index in [0.29, 0.717) is 29.8 Å². The van der Waals surface area contributed by atoms with Crippen LogP contribution in [0, 0.1) is 5.92 Å². The molecule has 2 heterocycles. The number of anilines is 1. The topological polar surface area (TPSA) is 105 Å². The van der Waals surface area contributed by atoms with E-state index in [0.717, 1.165) is 0 Å². The largest absolute Gasteiger partial charge is 0.490 e. The average molecular weight is 390 g/mol. The van der Waals surface area contributed by atoms with Crippen molar-refractivity contribution in [2.24, 2.45) is 5.92 Å². The van der Waals surface area contributed by atoms with E-state index < -0.39 is 5.97 Å². The molecule has 8 nitrogen and oxygen atoms in total. The summed E-state index contributed by atoms with van der Waals surface area (Å²) >= 11 is 0. The molecule has 1 aromatic carbocycles. The maximum Gasteiger partial charge on any atom is 0.305 e. The summed E-state index contributed by atoms with van der Waals surface area (Å²) in [5.41, 5.74) is 0.927. The molecule has 152 valence electrons. The number of carbonyl (C=O) groups is 3. The first kappa shape index (κ1) is 20.1. The first-order chi connectivity index (χ1) is 13.3. The second kappa shape index (κ2) is 8.18. The van der Waals surface area contributed by atoms with Crippen LogP contribution in [0.15, 0.2) is 18.2 Å². The van der Waals surface area contributed by atoms with Crippen LogP contribution in [0.4, 0.5) is 5.69 Å². The highest BCUT2D eigenvalue weighted by molar-refractivity contribution is 6.00. The number of rotatable bonds is 4. The maximum atomic E-state index is 13.1. The first-order valence-corrected chi connectivity index (χ1v) is 9.48. The molecule has 0 bridgehead atoms. The minimum atomic E-state index is -0.902. The minimum Gasteiger partial charge on any atom is -0.490 e. The van der Waals surface area contributed by atoms with Crippen LogP contribution in [0.25, 0.3) is 0 Å². The number of hydrogen-bond acceptors (Lipinski definition) is 5. The molecule has 28 heavy (non-hydrogen) atoms. The monoisotopic (exact) mass is 390 g/mol. The van der Waals surface area contributed by atoms with Gasteiger partial charge in [0.1, 0.15) is 18.5 Å². The van der Waals surface area contributed by atoms with Gasteiger partial charge in [-0.25, -0.2) is 0 Å². The highest BCUT2D eigenvalue weighted by Gasteiger charge is 2.39. The normalized spacial score (nSPS) is 24.5. The van der Waals surface area contributed by atoms with Gasteiger partial charge in [0, 0.05) is 18.7 Å². The second-order valence-corrected chi connectivity index (χ2v) is 7.62. The fraction of sp³-hybridized carbons (Fsp3) is 0.550.